The van der Waals surface area contributed by atoms with Gasteiger partial charge in [-0.25, -0.2) is 9.59 Å². The first-order chi connectivity index (χ1) is 21.9. The number of benzene rings is 3. The Balaban J connectivity index is 1.48. The summed E-state index contributed by atoms with van der Waals surface area (Å²) in [5, 5.41) is 5.83. The van der Waals surface area contributed by atoms with Crippen LogP contribution in [0.4, 0.5) is 16.5 Å². The Hall–Kier alpha value is -5.19. The van der Waals surface area contributed by atoms with Crippen molar-refractivity contribution in [2.75, 3.05) is 23.8 Å². The Labute approximate surface area is 267 Å². The van der Waals surface area contributed by atoms with Crippen molar-refractivity contribution < 1.29 is 28.3 Å². The number of esters is 1. The Morgan fingerprint density at radius 2 is 1.63 bits per heavy atom. The number of ether oxygens (including phenoxy) is 2. The molecule has 3 aromatic carbocycles. The quantitative estimate of drug-likeness (QED) is 0.194. The number of alkyl carbamates (subject to hydrolysis) is 1. The van der Waals surface area contributed by atoms with Gasteiger partial charge < -0.3 is 29.4 Å². The third-order valence-electron chi connectivity index (χ3n) is 6.91. The number of aromatic nitrogens is 1. The lowest BCUT2D eigenvalue weighted by Gasteiger charge is -2.20. The largest absolute Gasteiger partial charge is 0.460 e. The molecule has 0 aliphatic carbocycles. The number of carbonyl (C=O) groups is 3. The lowest BCUT2D eigenvalue weighted by molar-refractivity contribution is -0.154. The van der Waals surface area contributed by atoms with Crippen molar-refractivity contribution in [3.8, 4) is 0 Å². The van der Waals surface area contributed by atoms with Crippen LogP contribution in [0, 0.1) is 6.92 Å². The minimum atomic E-state index is -0.956. The number of carbonyl (C=O) groups excluding carboxylic acids is 3. The molecule has 0 aliphatic heterocycles. The highest BCUT2D eigenvalue weighted by molar-refractivity contribution is 5.98. The van der Waals surface area contributed by atoms with E-state index in [1.54, 1.807) is 31.0 Å². The second-order valence-corrected chi connectivity index (χ2v) is 12.0. The van der Waals surface area contributed by atoms with E-state index in [1.807, 2.05) is 81.4 Å². The van der Waals surface area contributed by atoms with Crippen LogP contribution in [0.15, 0.2) is 82.0 Å². The highest BCUT2D eigenvalue weighted by atomic mass is 16.6. The van der Waals surface area contributed by atoms with Gasteiger partial charge in [-0.2, -0.15) is 4.98 Å². The molecule has 0 saturated heterocycles. The number of fused-ring (bicyclic) bond motifs is 1. The second-order valence-electron chi connectivity index (χ2n) is 12.0. The first-order valence-corrected chi connectivity index (χ1v) is 15.1. The van der Waals surface area contributed by atoms with Crippen molar-refractivity contribution in [2.24, 2.45) is 0 Å². The molecule has 242 valence electrons. The zero-order valence-electron chi connectivity index (χ0n) is 26.8. The van der Waals surface area contributed by atoms with Gasteiger partial charge in [0, 0.05) is 32.1 Å². The molecule has 0 spiro atoms. The Morgan fingerprint density at radius 1 is 0.978 bits per heavy atom. The molecule has 0 unspecified atom stereocenters. The van der Waals surface area contributed by atoms with E-state index >= 15 is 0 Å². The first-order valence-electron chi connectivity index (χ1n) is 15.1. The van der Waals surface area contributed by atoms with E-state index in [1.165, 1.54) is 0 Å². The maximum absolute atomic E-state index is 13.5. The fraction of sp³-hybridized carbons (Fsp3) is 0.343. The molecule has 1 atom stereocenters. The molecule has 4 rings (SSSR count). The van der Waals surface area contributed by atoms with Crippen LogP contribution in [0.5, 0.6) is 0 Å². The van der Waals surface area contributed by atoms with Gasteiger partial charge in [-0.1, -0.05) is 60.7 Å². The zero-order chi connectivity index (χ0) is 33.3. The fourth-order valence-electron chi connectivity index (χ4n) is 4.76. The molecule has 0 radical (unpaired) electrons. The fourth-order valence-corrected chi connectivity index (χ4v) is 4.76. The summed E-state index contributed by atoms with van der Waals surface area (Å²) in [7, 11) is 1.71. The SMILES string of the molecule is Cc1cc(NC(=O)[C@H](Cc2ccccc2)NC(=O)OCc2ccccc2)cc2nc(N(C)CCCC(=O)OC(C)(C)C)oc(=O)c12. The van der Waals surface area contributed by atoms with Crippen molar-refractivity contribution in [1.82, 2.24) is 10.3 Å². The number of hydrogen-bond acceptors (Lipinski definition) is 9. The summed E-state index contributed by atoms with van der Waals surface area (Å²) in [6, 6.07) is 20.9. The maximum Gasteiger partial charge on any atom is 0.408 e. The summed E-state index contributed by atoms with van der Waals surface area (Å²) in [4.78, 5) is 57.5. The van der Waals surface area contributed by atoms with Gasteiger partial charge in [-0.15, -0.1) is 0 Å². The van der Waals surface area contributed by atoms with E-state index < -0.39 is 29.3 Å². The average Bonchev–Trinajstić information content (AvgIpc) is 2.99. The molecule has 0 fully saturated rings. The number of aryl methyl sites for hydroxylation is 1. The second kappa shape index (κ2) is 15.2. The minimum absolute atomic E-state index is 0.0578. The Bertz CT molecular complexity index is 1720. The molecule has 0 bridgehead atoms. The maximum atomic E-state index is 13.5. The van der Waals surface area contributed by atoms with E-state index in [-0.39, 0.29) is 36.8 Å². The van der Waals surface area contributed by atoms with Crippen LogP contribution >= 0.6 is 0 Å². The van der Waals surface area contributed by atoms with Crippen LogP contribution in [-0.4, -0.2) is 48.2 Å². The highest BCUT2D eigenvalue weighted by Gasteiger charge is 2.23. The summed E-state index contributed by atoms with van der Waals surface area (Å²) in [5.41, 5.74) is 1.81. The molecule has 4 aromatic rings. The van der Waals surface area contributed by atoms with Crippen molar-refractivity contribution in [2.45, 2.75) is 65.2 Å². The van der Waals surface area contributed by atoms with Crippen LogP contribution in [0.1, 0.15) is 50.3 Å². The molecule has 2 N–H and O–H groups in total. The molecule has 11 nitrogen and oxygen atoms in total. The predicted octanol–water partition coefficient (Wildman–Crippen LogP) is 5.53. The van der Waals surface area contributed by atoms with Crippen molar-refractivity contribution in [3.63, 3.8) is 0 Å². The van der Waals surface area contributed by atoms with Crippen LogP contribution in [0.25, 0.3) is 10.9 Å². The number of hydrogen-bond donors (Lipinski definition) is 2. The van der Waals surface area contributed by atoms with E-state index in [4.69, 9.17) is 13.9 Å². The molecule has 2 amide bonds. The van der Waals surface area contributed by atoms with Gasteiger partial charge in [0.25, 0.3) is 6.01 Å². The van der Waals surface area contributed by atoms with E-state index in [0.29, 0.717) is 29.7 Å². The van der Waals surface area contributed by atoms with E-state index in [0.717, 1.165) is 11.1 Å². The van der Waals surface area contributed by atoms with Gasteiger partial charge in [0.15, 0.2) is 0 Å². The third kappa shape index (κ3) is 9.91. The molecule has 46 heavy (non-hydrogen) atoms. The zero-order valence-corrected chi connectivity index (χ0v) is 26.8. The van der Waals surface area contributed by atoms with E-state index in [2.05, 4.69) is 15.6 Å². The molecular formula is C35H40N4O7. The smallest absolute Gasteiger partial charge is 0.408 e. The standard InChI is InChI=1S/C35H40N4O7/c1-23-19-26(21-27-30(23)32(42)45-33(37-27)39(5)18-12-17-29(40)46-35(2,3)4)36-31(41)28(20-24-13-8-6-9-14-24)38-34(43)44-22-25-15-10-7-11-16-25/h6-11,13-16,19,21,28H,12,17-18,20,22H2,1-5H3,(H,36,41)(H,38,43)/t28-/m0/s1. The van der Waals surface area contributed by atoms with Gasteiger partial charge in [0.05, 0.1) is 10.9 Å². The van der Waals surface area contributed by atoms with Gasteiger partial charge in [0.2, 0.25) is 5.91 Å². The molecular weight excluding hydrogens is 588 g/mol. The monoisotopic (exact) mass is 628 g/mol. The van der Waals surface area contributed by atoms with Crippen LogP contribution < -0.4 is 21.2 Å². The number of amides is 2. The first kappa shape index (κ1) is 33.7. The summed E-state index contributed by atoms with van der Waals surface area (Å²) < 4.78 is 16.2. The molecule has 0 aliphatic rings. The highest BCUT2D eigenvalue weighted by Crippen LogP contribution is 2.23. The summed E-state index contributed by atoms with van der Waals surface area (Å²) in [5.74, 6) is -0.781. The molecule has 1 heterocycles. The summed E-state index contributed by atoms with van der Waals surface area (Å²) >= 11 is 0. The number of nitrogens with one attached hydrogen (secondary N) is 2. The topological polar surface area (TPSA) is 140 Å². The normalized spacial score (nSPS) is 11.8. The van der Waals surface area contributed by atoms with Crippen LogP contribution in [0.2, 0.25) is 0 Å². The number of rotatable bonds is 12. The summed E-state index contributed by atoms with van der Waals surface area (Å²) in [6.07, 6.45) is 0.160. The van der Waals surface area contributed by atoms with Gasteiger partial charge >= 0.3 is 17.7 Å². The molecule has 11 heteroatoms. The van der Waals surface area contributed by atoms with Crippen molar-refractivity contribution in [1.29, 1.82) is 0 Å². The van der Waals surface area contributed by atoms with Gasteiger partial charge in [-0.3, -0.25) is 9.59 Å². The molecule has 0 saturated carbocycles. The lowest BCUT2D eigenvalue weighted by atomic mass is 10.0. The van der Waals surface area contributed by atoms with Crippen LogP contribution in [0.3, 0.4) is 0 Å². The van der Waals surface area contributed by atoms with Crippen molar-refractivity contribution >= 4 is 40.6 Å². The number of nitrogens with zero attached hydrogens (tertiary/aromatic N) is 2. The molecule has 1 aromatic heterocycles. The average molecular weight is 629 g/mol. The predicted molar refractivity (Wildman–Crippen MR) is 176 cm³/mol. The Kier molecular flexibility index (Phi) is 11.1. The number of anilines is 2. The minimum Gasteiger partial charge on any atom is -0.460 e. The Morgan fingerprint density at radius 3 is 2.28 bits per heavy atom. The van der Waals surface area contributed by atoms with Crippen molar-refractivity contribution in [3.05, 3.63) is 99.9 Å². The third-order valence-corrected chi connectivity index (χ3v) is 6.91. The van der Waals surface area contributed by atoms with Gasteiger partial charge in [0.1, 0.15) is 18.2 Å². The van der Waals surface area contributed by atoms with Gasteiger partial charge in [-0.05, 0) is 62.9 Å². The summed E-state index contributed by atoms with van der Waals surface area (Å²) in [6.45, 7) is 7.60. The van der Waals surface area contributed by atoms with E-state index in [9.17, 15) is 19.2 Å². The van der Waals surface area contributed by atoms with Crippen LogP contribution in [-0.2, 0) is 32.1 Å². The lowest BCUT2D eigenvalue weighted by Crippen LogP contribution is -2.45.